The lowest BCUT2D eigenvalue weighted by Gasteiger charge is -2.08. The van der Waals surface area contributed by atoms with Gasteiger partial charge in [0.2, 0.25) is 11.8 Å². The molecule has 0 aliphatic carbocycles. The number of halogens is 1. The third-order valence-electron chi connectivity index (χ3n) is 1.91. The first-order valence-corrected chi connectivity index (χ1v) is 5.79. The van der Waals surface area contributed by atoms with Crippen molar-refractivity contribution in [3.63, 3.8) is 0 Å². The molecule has 2 amide bonds. The van der Waals surface area contributed by atoms with Crippen LogP contribution in [0.15, 0.2) is 28.7 Å². The lowest BCUT2D eigenvalue weighted by molar-refractivity contribution is -0.130. The number of hydrogen-bond acceptors (Lipinski definition) is 3. The topological polar surface area (TPSA) is 78.4 Å². The van der Waals surface area contributed by atoms with Crippen molar-refractivity contribution in [2.45, 2.75) is 13.0 Å². The quantitative estimate of drug-likeness (QED) is 0.772. The monoisotopic (exact) mass is 300 g/mol. The molecule has 0 spiro atoms. The van der Waals surface area contributed by atoms with Gasteiger partial charge in [-0.05, 0) is 25.1 Å². The standard InChI is InChI=1S/C11H13BrN2O3/c1-7(15)11(17)13-6-10(16)14-9-4-2-3-8(12)5-9/h2-5,7,15H,6H2,1H3,(H,13,17)(H,14,16). The Balaban J connectivity index is 2.43. The van der Waals surface area contributed by atoms with E-state index in [4.69, 9.17) is 5.11 Å². The first-order valence-electron chi connectivity index (χ1n) is 5.00. The zero-order valence-corrected chi connectivity index (χ0v) is 10.8. The fourth-order valence-corrected chi connectivity index (χ4v) is 1.49. The molecule has 0 heterocycles. The summed E-state index contributed by atoms with van der Waals surface area (Å²) in [4.78, 5) is 22.4. The molecule has 0 bridgehead atoms. The van der Waals surface area contributed by atoms with E-state index in [1.807, 2.05) is 6.07 Å². The molecule has 17 heavy (non-hydrogen) atoms. The molecule has 1 aromatic rings. The molecule has 0 aromatic heterocycles. The number of nitrogens with one attached hydrogen (secondary N) is 2. The second-order valence-electron chi connectivity index (χ2n) is 3.45. The number of aliphatic hydroxyl groups is 1. The van der Waals surface area contributed by atoms with Gasteiger partial charge in [0.1, 0.15) is 6.10 Å². The maximum Gasteiger partial charge on any atom is 0.248 e. The van der Waals surface area contributed by atoms with Crippen LogP contribution in [0.5, 0.6) is 0 Å². The Morgan fingerprint density at radius 3 is 2.76 bits per heavy atom. The summed E-state index contributed by atoms with van der Waals surface area (Å²) in [5.74, 6) is -0.925. The third-order valence-corrected chi connectivity index (χ3v) is 2.40. The summed E-state index contributed by atoms with van der Waals surface area (Å²) in [5.41, 5.74) is 0.635. The van der Waals surface area contributed by atoms with E-state index in [0.29, 0.717) is 5.69 Å². The van der Waals surface area contributed by atoms with Gasteiger partial charge in [0.15, 0.2) is 0 Å². The number of amides is 2. The highest BCUT2D eigenvalue weighted by molar-refractivity contribution is 9.10. The Morgan fingerprint density at radius 1 is 1.47 bits per heavy atom. The van der Waals surface area contributed by atoms with Gasteiger partial charge < -0.3 is 15.7 Å². The number of carbonyl (C=O) groups excluding carboxylic acids is 2. The van der Waals surface area contributed by atoms with Gasteiger partial charge in [-0.2, -0.15) is 0 Å². The highest BCUT2D eigenvalue weighted by atomic mass is 79.9. The van der Waals surface area contributed by atoms with Crippen molar-refractivity contribution in [1.82, 2.24) is 5.32 Å². The van der Waals surface area contributed by atoms with E-state index >= 15 is 0 Å². The molecule has 1 atom stereocenters. The lowest BCUT2D eigenvalue weighted by Crippen LogP contribution is -2.38. The Kier molecular flexibility index (Phi) is 5.11. The smallest absolute Gasteiger partial charge is 0.248 e. The van der Waals surface area contributed by atoms with Crippen LogP contribution in [0.1, 0.15) is 6.92 Å². The van der Waals surface area contributed by atoms with Gasteiger partial charge in [-0.25, -0.2) is 0 Å². The van der Waals surface area contributed by atoms with Gasteiger partial charge in [0.05, 0.1) is 6.54 Å². The number of aliphatic hydroxyl groups excluding tert-OH is 1. The maximum atomic E-state index is 11.4. The van der Waals surface area contributed by atoms with E-state index in [-0.39, 0.29) is 12.5 Å². The second-order valence-corrected chi connectivity index (χ2v) is 4.37. The molecule has 3 N–H and O–H groups in total. The van der Waals surface area contributed by atoms with Crippen LogP contribution in [0.25, 0.3) is 0 Å². The van der Waals surface area contributed by atoms with E-state index < -0.39 is 12.0 Å². The average molecular weight is 301 g/mol. The zero-order valence-electron chi connectivity index (χ0n) is 9.24. The van der Waals surface area contributed by atoms with Gasteiger partial charge in [-0.1, -0.05) is 22.0 Å². The van der Waals surface area contributed by atoms with Crippen LogP contribution >= 0.6 is 15.9 Å². The van der Waals surface area contributed by atoms with Crippen LogP contribution < -0.4 is 10.6 Å². The van der Waals surface area contributed by atoms with Crippen LogP contribution in [0.4, 0.5) is 5.69 Å². The summed E-state index contributed by atoms with van der Waals surface area (Å²) in [6.45, 7) is 1.16. The molecule has 1 rings (SSSR count). The van der Waals surface area contributed by atoms with Crippen molar-refractivity contribution in [1.29, 1.82) is 0 Å². The van der Waals surface area contributed by atoms with Crippen LogP contribution in [-0.4, -0.2) is 29.6 Å². The Bertz CT molecular complexity index is 421. The fraction of sp³-hybridized carbons (Fsp3) is 0.273. The van der Waals surface area contributed by atoms with Crippen molar-refractivity contribution in [3.05, 3.63) is 28.7 Å². The highest BCUT2D eigenvalue weighted by Gasteiger charge is 2.10. The van der Waals surface area contributed by atoms with Crippen LogP contribution in [0.2, 0.25) is 0 Å². The van der Waals surface area contributed by atoms with Crippen molar-refractivity contribution in [2.75, 3.05) is 11.9 Å². The maximum absolute atomic E-state index is 11.4. The summed E-state index contributed by atoms with van der Waals surface area (Å²) < 4.78 is 0.850. The predicted octanol–water partition coefficient (Wildman–Crippen LogP) is 0.885. The summed E-state index contributed by atoms with van der Waals surface area (Å²) in [6.07, 6.45) is -1.12. The van der Waals surface area contributed by atoms with Crippen LogP contribution in [0.3, 0.4) is 0 Å². The summed E-state index contributed by atoms with van der Waals surface area (Å²) >= 11 is 3.28. The molecule has 92 valence electrons. The van der Waals surface area contributed by atoms with Gasteiger partial charge in [0, 0.05) is 10.2 Å². The first-order chi connectivity index (χ1) is 7.99. The first kappa shape index (κ1) is 13.7. The molecule has 6 heteroatoms. The number of benzene rings is 1. The SMILES string of the molecule is CC(O)C(=O)NCC(=O)Nc1cccc(Br)c1. The van der Waals surface area contributed by atoms with Crippen molar-refractivity contribution >= 4 is 33.4 Å². The number of carbonyl (C=O) groups is 2. The van der Waals surface area contributed by atoms with Crippen LogP contribution in [-0.2, 0) is 9.59 Å². The zero-order chi connectivity index (χ0) is 12.8. The summed E-state index contributed by atoms with van der Waals surface area (Å²) in [6, 6.07) is 7.10. The molecule has 0 saturated heterocycles. The summed E-state index contributed by atoms with van der Waals surface area (Å²) in [5, 5.41) is 13.8. The fourth-order valence-electron chi connectivity index (χ4n) is 1.09. The molecule has 0 radical (unpaired) electrons. The van der Waals surface area contributed by atoms with E-state index in [1.165, 1.54) is 6.92 Å². The van der Waals surface area contributed by atoms with E-state index in [2.05, 4.69) is 26.6 Å². The molecular weight excluding hydrogens is 288 g/mol. The minimum Gasteiger partial charge on any atom is -0.384 e. The Morgan fingerprint density at radius 2 is 2.18 bits per heavy atom. The van der Waals surface area contributed by atoms with Gasteiger partial charge in [-0.15, -0.1) is 0 Å². The lowest BCUT2D eigenvalue weighted by atomic mass is 10.3. The molecule has 0 aliphatic rings. The average Bonchev–Trinajstić information content (AvgIpc) is 2.25. The molecule has 1 unspecified atom stereocenters. The minimum absolute atomic E-state index is 0.170. The second kappa shape index (κ2) is 6.36. The van der Waals surface area contributed by atoms with E-state index in [1.54, 1.807) is 18.2 Å². The highest BCUT2D eigenvalue weighted by Crippen LogP contribution is 2.15. The van der Waals surface area contributed by atoms with Gasteiger partial charge in [-0.3, -0.25) is 9.59 Å². The van der Waals surface area contributed by atoms with Gasteiger partial charge >= 0.3 is 0 Å². The molecule has 0 saturated carbocycles. The van der Waals surface area contributed by atoms with E-state index in [9.17, 15) is 9.59 Å². The third kappa shape index (κ3) is 4.97. The number of anilines is 1. The van der Waals surface area contributed by atoms with Crippen molar-refractivity contribution in [2.24, 2.45) is 0 Å². The molecular formula is C11H13BrN2O3. The number of hydrogen-bond donors (Lipinski definition) is 3. The largest absolute Gasteiger partial charge is 0.384 e. The molecule has 0 aliphatic heterocycles. The Hall–Kier alpha value is -1.40. The molecule has 0 fully saturated rings. The van der Waals surface area contributed by atoms with Crippen molar-refractivity contribution in [3.8, 4) is 0 Å². The molecule has 5 nitrogen and oxygen atoms in total. The van der Waals surface area contributed by atoms with E-state index in [0.717, 1.165) is 4.47 Å². The van der Waals surface area contributed by atoms with Crippen LogP contribution in [0, 0.1) is 0 Å². The Labute approximate surface area is 107 Å². The molecule has 1 aromatic carbocycles. The summed E-state index contributed by atoms with van der Waals surface area (Å²) in [7, 11) is 0. The minimum atomic E-state index is -1.12. The predicted molar refractivity (Wildman–Crippen MR) is 67.5 cm³/mol. The number of rotatable bonds is 4. The van der Waals surface area contributed by atoms with Gasteiger partial charge in [0.25, 0.3) is 0 Å². The normalized spacial score (nSPS) is 11.7. The van der Waals surface area contributed by atoms with Crippen molar-refractivity contribution < 1.29 is 14.7 Å².